The van der Waals surface area contributed by atoms with Crippen molar-refractivity contribution < 1.29 is 48.6 Å². The molecule has 11 heteroatoms. The third-order valence-electron chi connectivity index (χ3n) is 8.60. The molecule has 0 radical (unpaired) electrons. The summed E-state index contributed by atoms with van der Waals surface area (Å²) in [5.41, 5.74) is 0.961. The Morgan fingerprint density at radius 3 is 2.33 bits per heavy atom. The first-order chi connectivity index (χ1) is 23.5. The lowest BCUT2D eigenvalue weighted by atomic mass is 9.94. The first-order valence-corrected chi connectivity index (χ1v) is 17.7. The Morgan fingerprint density at radius 2 is 1.61 bits per heavy atom. The molecule has 9 atom stereocenters. The number of carbonyl (C=O) groups excluding carboxylic acids is 2. The van der Waals surface area contributed by atoms with Crippen molar-refractivity contribution in [1.82, 2.24) is 0 Å². The number of methoxy groups -OCH3 is 1. The number of cyclic esters (lactones) is 1. The van der Waals surface area contributed by atoms with Gasteiger partial charge >= 0.3 is 5.97 Å². The van der Waals surface area contributed by atoms with E-state index in [0.29, 0.717) is 45.1 Å². The average Bonchev–Trinajstić information content (AvgIpc) is 3.10. The molecule has 3 rings (SSSR count). The quantitative estimate of drug-likeness (QED) is 0.294. The van der Waals surface area contributed by atoms with Gasteiger partial charge in [0, 0.05) is 16.5 Å². The second-order valence-corrected chi connectivity index (χ2v) is 13.2. The topological polar surface area (TPSA) is 141 Å². The number of allylic oxidation sites excluding steroid dienone is 7. The number of rotatable bonds is 7. The van der Waals surface area contributed by atoms with Crippen LogP contribution in [0.5, 0.6) is 5.75 Å². The molecule has 0 amide bonds. The van der Waals surface area contributed by atoms with E-state index in [1.54, 1.807) is 44.4 Å². The van der Waals surface area contributed by atoms with Crippen LogP contribution in [0.1, 0.15) is 64.9 Å². The molecule has 2 aliphatic rings. The zero-order valence-corrected chi connectivity index (χ0v) is 30.3. The van der Waals surface area contributed by atoms with Crippen LogP contribution in [-0.2, 0) is 35.1 Å². The van der Waals surface area contributed by atoms with E-state index in [2.05, 4.69) is 15.9 Å². The molecule has 1 fully saturated rings. The van der Waals surface area contributed by atoms with Gasteiger partial charge in [-0.3, -0.25) is 4.79 Å². The predicted molar refractivity (Wildman–Crippen MR) is 190 cm³/mol. The van der Waals surface area contributed by atoms with Crippen LogP contribution in [0.3, 0.4) is 0 Å². The summed E-state index contributed by atoms with van der Waals surface area (Å²) in [6, 6.07) is 7.60. The molecule has 49 heavy (non-hydrogen) atoms. The molecule has 2 heterocycles. The second-order valence-electron chi connectivity index (χ2n) is 12.3. The number of esters is 1. The smallest absolute Gasteiger partial charge is 0.331 e. The molecule has 0 saturated carbocycles. The molecule has 1 unspecified atom stereocenters. The molecule has 0 aromatic heterocycles. The summed E-state index contributed by atoms with van der Waals surface area (Å²) in [5.74, 6) is -0.194. The number of hydrogen-bond acceptors (Lipinski definition) is 10. The monoisotopic (exact) mass is 746 g/mol. The zero-order valence-electron chi connectivity index (χ0n) is 28.7. The minimum absolute atomic E-state index is 0.0816. The molecule has 1 aromatic carbocycles. The van der Waals surface area contributed by atoms with Crippen molar-refractivity contribution in [1.29, 1.82) is 0 Å². The summed E-state index contributed by atoms with van der Waals surface area (Å²) in [5, 5.41) is 30.8. The molecule has 0 aliphatic carbocycles. The van der Waals surface area contributed by atoms with Crippen molar-refractivity contribution in [3.05, 3.63) is 89.0 Å². The van der Waals surface area contributed by atoms with Crippen LogP contribution in [0.2, 0.25) is 0 Å². The number of halogens is 1. The maximum atomic E-state index is 13.3. The van der Waals surface area contributed by atoms with Gasteiger partial charge in [-0.2, -0.15) is 0 Å². The minimum Gasteiger partial charge on any atom is -0.497 e. The summed E-state index contributed by atoms with van der Waals surface area (Å²) in [4.78, 5) is 25.8. The molecular formula is C38H51BrO10. The first kappa shape index (κ1) is 40.5. The molecule has 1 aromatic rings. The Kier molecular flexibility index (Phi) is 17.7. The van der Waals surface area contributed by atoms with E-state index in [1.807, 2.05) is 50.3 Å². The third kappa shape index (κ3) is 13.7. The third-order valence-corrected chi connectivity index (χ3v) is 9.19. The standard InChI is InChI=1S/C38H51BrO10/c1-5-29-14-11-16-33(46-24-27-18-21-30(45-4)22-19-27)25(2)32(40)15-8-6-7-13-31(23-20-28(39)12-9-10-17-34(41)48-29)49-38-37(44)36(43)35(42)26(3)47-38/h6-10,12,15,17-22,25-26,29,31,33,35-38,42-44H,5,11,13-14,16,23-24H2,1-4H3/b7-6+,12-9+,15-8+,17-10+,28-20+/t25-,26-,29-,31?,33-,35-,36+,37+,38-/m0/s1. The molecule has 3 N–H and O–H groups in total. The maximum Gasteiger partial charge on any atom is 0.331 e. The number of carbonyl (C=O) groups is 2. The highest BCUT2D eigenvalue weighted by Gasteiger charge is 2.43. The number of ether oxygens (including phenoxy) is 5. The van der Waals surface area contributed by atoms with Crippen LogP contribution in [0.25, 0.3) is 0 Å². The second kappa shape index (κ2) is 21.3. The lowest BCUT2D eigenvalue weighted by Crippen LogP contribution is -2.57. The van der Waals surface area contributed by atoms with Crippen LogP contribution in [0.4, 0.5) is 0 Å². The fraction of sp³-hybridized carbons (Fsp3) is 0.526. The van der Waals surface area contributed by atoms with E-state index in [-0.39, 0.29) is 18.0 Å². The Bertz CT molecular complexity index is 1320. The lowest BCUT2D eigenvalue weighted by molar-refractivity contribution is -0.303. The normalized spacial score (nSPS) is 35.0. The average molecular weight is 748 g/mol. The summed E-state index contributed by atoms with van der Waals surface area (Å²) in [6.07, 6.45) is 11.5. The lowest BCUT2D eigenvalue weighted by Gasteiger charge is -2.40. The predicted octanol–water partition coefficient (Wildman–Crippen LogP) is 5.79. The van der Waals surface area contributed by atoms with Crippen LogP contribution < -0.4 is 4.74 Å². The van der Waals surface area contributed by atoms with Crippen LogP contribution >= 0.6 is 15.9 Å². The highest BCUT2D eigenvalue weighted by atomic mass is 79.9. The van der Waals surface area contributed by atoms with Crippen LogP contribution in [0.15, 0.2) is 83.4 Å². The van der Waals surface area contributed by atoms with Crippen molar-refractivity contribution in [3.63, 3.8) is 0 Å². The van der Waals surface area contributed by atoms with Gasteiger partial charge in [0.1, 0.15) is 30.2 Å². The molecule has 0 spiro atoms. The van der Waals surface area contributed by atoms with Crippen LogP contribution in [-0.4, -0.2) is 83.2 Å². The number of hydrogen-bond donors (Lipinski definition) is 3. The van der Waals surface area contributed by atoms with E-state index >= 15 is 0 Å². The van der Waals surface area contributed by atoms with E-state index < -0.39 is 48.7 Å². The molecule has 10 nitrogen and oxygen atoms in total. The summed E-state index contributed by atoms with van der Waals surface area (Å²) < 4.78 is 29.7. The van der Waals surface area contributed by atoms with Crippen LogP contribution in [0, 0.1) is 5.92 Å². The summed E-state index contributed by atoms with van der Waals surface area (Å²) >= 11 is 3.51. The van der Waals surface area contributed by atoms with Gasteiger partial charge in [-0.05, 0) is 75.3 Å². The molecule has 0 bridgehead atoms. The first-order valence-electron chi connectivity index (χ1n) is 16.9. The van der Waals surface area contributed by atoms with Crippen molar-refractivity contribution in [2.75, 3.05) is 7.11 Å². The van der Waals surface area contributed by atoms with Gasteiger partial charge in [0.25, 0.3) is 0 Å². The molecule has 270 valence electrons. The largest absolute Gasteiger partial charge is 0.497 e. The van der Waals surface area contributed by atoms with Crippen molar-refractivity contribution in [3.8, 4) is 5.75 Å². The van der Waals surface area contributed by atoms with Gasteiger partial charge in [0.2, 0.25) is 0 Å². The van der Waals surface area contributed by atoms with Gasteiger partial charge in [-0.15, -0.1) is 0 Å². The Hall–Kier alpha value is -2.90. The van der Waals surface area contributed by atoms with E-state index in [9.17, 15) is 24.9 Å². The number of benzene rings is 1. The van der Waals surface area contributed by atoms with Gasteiger partial charge in [0.05, 0.1) is 32.0 Å². The molecule has 2 aliphatic heterocycles. The summed E-state index contributed by atoms with van der Waals surface area (Å²) in [7, 11) is 1.61. The molecule has 1 saturated heterocycles. The van der Waals surface area contributed by atoms with Crippen molar-refractivity contribution in [2.24, 2.45) is 5.92 Å². The van der Waals surface area contributed by atoms with Gasteiger partial charge < -0.3 is 39.0 Å². The highest BCUT2D eigenvalue weighted by Crippen LogP contribution is 2.26. The number of aliphatic hydroxyl groups excluding tert-OH is 3. The molecular weight excluding hydrogens is 696 g/mol. The fourth-order valence-electron chi connectivity index (χ4n) is 5.41. The Morgan fingerprint density at radius 1 is 0.898 bits per heavy atom. The zero-order chi connectivity index (χ0) is 35.8. The maximum absolute atomic E-state index is 13.3. The van der Waals surface area contributed by atoms with E-state index in [4.69, 9.17) is 23.7 Å². The number of aliphatic hydroxyl groups is 3. The summed E-state index contributed by atoms with van der Waals surface area (Å²) in [6.45, 7) is 5.76. The fourth-order valence-corrected chi connectivity index (χ4v) is 5.75. The van der Waals surface area contributed by atoms with E-state index in [1.165, 1.54) is 12.2 Å². The number of ketones is 1. The minimum atomic E-state index is -1.44. The van der Waals surface area contributed by atoms with Gasteiger partial charge in [-0.25, -0.2) is 4.79 Å². The highest BCUT2D eigenvalue weighted by molar-refractivity contribution is 9.11. The Balaban J connectivity index is 1.79. The Labute approximate surface area is 298 Å². The SMILES string of the molecule is CC[C@H]1CCC[C@H](OCc2ccc(OC)cc2)[C@@H](C)C(=O)/C=C/C=C/CC(O[C@@H]2O[C@@H](C)[C@H](O)[C@@H](O)[C@H]2O)C\C=C(Br)/C=C/C=C/C(=O)O1. The van der Waals surface area contributed by atoms with E-state index in [0.717, 1.165) is 15.8 Å². The van der Waals surface area contributed by atoms with Gasteiger partial charge in [0.15, 0.2) is 12.1 Å². The van der Waals surface area contributed by atoms with Gasteiger partial charge in [-0.1, -0.05) is 78.4 Å². The van der Waals surface area contributed by atoms with Crippen molar-refractivity contribution >= 4 is 27.7 Å². The van der Waals surface area contributed by atoms with Crippen molar-refractivity contribution in [2.45, 2.75) is 115 Å².